The van der Waals surface area contributed by atoms with Gasteiger partial charge in [0, 0.05) is 7.05 Å². The minimum Gasteiger partial charge on any atom is -0.482 e. The number of hydrogen-bond donors (Lipinski definition) is 1. The summed E-state index contributed by atoms with van der Waals surface area (Å²) in [6, 6.07) is 15.0. The Labute approximate surface area is 150 Å². The van der Waals surface area contributed by atoms with Crippen molar-refractivity contribution in [1.29, 1.82) is 0 Å². The molecule has 0 atom stereocenters. The number of fused-ring (bicyclic) bond motifs is 2. The molecule has 0 saturated heterocycles. The highest BCUT2D eigenvalue weighted by Gasteiger charge is 2.26. The molecule has 0 unspecified atom stereocenters. The predicted octanol–water partition coefficient (Wildman–Crippen LogP) is 1.62. The summed E-state index contributed by atoms with van der Waals surface area (Å²) >= 11 is 0. The minimum absolute atomic E-state index is 0.0524. The van der Waals surface area contributed by atoms with Gasteiger partial charge in [-0.05, 0) is 24.3 Å². The quantitative estimate of drug-likeness (QED) is 0.776. The smallest absolute Gasteiger partial charge is 0.265 e. The number of nitrogens with one attached hydrogen (secondary N) is 1. The second-order valence-corrected chi connectivity index (χ2v) is 6.09. The highest BCUT2D eigenvalue weighted by atomic mass is 16.5. The minimum atomic E-state index is -0.248. The molecule has 0 saturated carbocycles. The molecule has 4 rings (SSSR count). The standard InChI is InChI=1S/C19H18N4O3/c1-22-14-7-3-2-6-13(14)21-17(22)10-20-18(24)11-23-15-8-4-5-9-16(15)26-12-19(23)25/h2-9H,10-12H2,1H3,(H,20,24). The number of imidazole rings is 1. The van der Waals surface area contributed by atoms with Crippen molar-refractivity contribution in [2.24, 2.45) is 7.05 Å². The molecule has 1 aliphatic heterocycles. The second kappa shape index (κ2) is 6.51. The molecule has 1 N–H and O–H groups in total. The molecule has 132 valence electrons. The normalized spacial score (nSPS) is 13.4. The first-order chi connectivity index (χ1) is 12.6. The molecule has 0 radical (unpaired) electrons. The number of anilines is 1. The first-order valence-electron chi connectivity index (χ1n) is 8.33. The van der Waals surface area contributed by atoms with E-state index in [0.717, 1.165) is 16.9 Å². The zero-order chi connectivity index (χ0) is 18.1. The molecular weight excluding hydrogens is 332 g/mol. The molecule has 0 bridgehead atoms. The van der Waals surface area contributed by atoms with Crippen LogP contribution in [-0.4, -0.2) is 34.5 Å². The van der Waals surface area contributed by atoms with E-state index in [1.54, 1.807) is 12.1 Å². The van der Waals surface area contributed by atoms with Crippen molar-refractivity contribution in [2.75, 3.05) is 18.1 Å². The Hall–Kier alpha value is -3.35. The number of benzene rings is 2. The Bertz CT molecular complexity index is 995. The van der Waals surface area contributed by atoms with Gasteiger partial charge in [0.15, 0.2) is 6.61 Å². The Morgan fingerprint density at radius 2 is 1.96 bits per heavy atom. The number of hydrogen-bond acceptors (Lipinski definition) is 4. The van der Waals surface area contributed by atoms with Gasteiger partial charge < -0.3 is 14.6 Å². The van der Waals surface area contributed by atoms with Crippen LogP contribution in [0, 0.1) is 0 Å². The van der Waals surface area contributed by atoms with Crippen LogP contribution >= 0.6 is 0 Å². The fraction of sp³-hybridized carbons (Fsp3) is 0.211. The molecule has 0 aliphatic carbocycles. The van der Waals surface area contributed by atoms with Gasteiger partial charge in [-0.15, -0.1) is 0 Å². The zero-order valence-electron chi connectivity index (χ0n) is 14.3. The topological polar surface area (TPSA) is 76.5 Å². The van der Waals surface area contributed by atoms with Crippen molar-refractivity contribution in [3.63, 3.8) is 0 Å². The van der Waals surface area contributed by atoms with Crippen molar-refractivity contribution < 1.29 is 14.3 Å². The second-order valence-electron chi connectivity index (χ2n) is 6.09. The van der Waals surface area contributed by atoms with E-state index in [1.807, 2.05) is 48.0 Å². The van der Waals surface area contributed by atoms with E-state index in [4.69, 9.17) is 4.74 Å². The molecule has 7 nitrogen and oxygen atoms in total. The van der Waals surface area contributed by atoms with Gasteiger partial charge in [-0.1, -0.05) is 24.3 Å². The molecule has 1 aromatic heterocycles. The molecule has 26 heavy (non-hydrogen) atoms. The summed E-state index contributed by atoms with van der Waals surface area (Å²) in [7, 11) is 1.92. The molecule has 0 fully saturated rings. The van der Waals surface area contributed by atoms with Crippen molar-refractivity contribution in [1.82, 2.24) is 14.9 Å². The Balaban J connectivity index is 1.46. The molecule has 2 amide bonds. The fourth-order valence-corrected chi connectivity index (χ4v) is 3.06. The third-order valence-corrected chi connectivity index (χ3v) is 4.43. The Kier molecular flexibility index (Phi) is 4.04. The van der Waals surface area contributed by atoms with Crippen LogP contribution in [-0.2, 0) is 23.2 Å². The summed E-state index contributed by atoms with van der Waals surface area (Å²) in [4.78, 5) is 30.5. The number of aryl methyl sites for hydroxylation is 1. The maximum atomic E-state index is 12.4. The molecule has 0 spiro atoms. The van der Waals surface area contributed by atoms with E-state index in [2.05, 4.69) is 10.3 Å². The van der Waals surface area contributed by atoms with Crippen molar-refractivity contribution in [3.8, 4) is 5.75 Å². The van der Waals surface area contributed by atoms with Crippen LogP contribution in [0.5, 0.6) is 5.75 Å². The van der Waals surface area contributed by atoms with Crippen LogP contribution in [0.15, 0.2) is 48.5 Å². The summed E-state index contributed by atoms with van der Waals surface area (Å²) in [5, 5.41) is 2.84. The van der Waals surface area contributed by atoms with Crippen LogP contribution < -0.4 is 15.0 Å². The lowest BCUT2D eigenvalue weighted by Gasteiger charge is -2.28. The summed E-state index contributed by atoms with van der Waals surface area (Å²) < 4.78 is 7.34. The monoisotopic (exact) mass is 350 g/mol. The van der Waals surface area contributed by atoms with Gasteiger partial charge >= 0.3 is 0 Å². The number of rotatable bonds is 4. The number of carbonyl (C=O) groups excluding carboxylic acids is 2. The molecule has 2 heterocycles. The van der Waals surface area contributed by atoms with Crippen molar-refractivity contribution in [3.05, 3.63) is 54.4 Å². The molecule has 2 aromatic carbocycles. The Morgan fingerprint density at radius 3 is 2.81 bits per heavy atom. The SMILES string of the molecule is Cn1c(CNC(=O)CN2C(=O)COc3ccccc32)nc2ccccc21. The third-order valence-electron chi connectivity index (χ3n) is 4.43. The van der Waals surface area contributed by atoms with Gasteiger partial charge in [0.05, 0.1) is 23.3 Å². The van der Waals surface area contributed by atoms with Gasteiger partial charge in [0.25, 0.3) is 5.91 Å². The average molecular weight is 350 g/mol. The van der Waals surface area contributed by atoms with Crippen LogP contribution in [0.4, 0.5) is 5.69 Å². The van der Waals surface area contributed by atoms with Crippen LogP contribution in [0.2, 0.25) is 0 Å². The number of nitrogens with zero attached hydrogens (tertiary/aromatic N) is 3. The molecule has 3 aromatic rings. The number of aromatic nitrogens is 2. The Morgan fingerprint density at radius 1 is 1.19 bits per heavy atom. The summed E-state index contributed by atoms with van der Waals surface area (Å²) in [6.07, 6.45) is 0. The largest absolute Gasteiger partial charge is 0.482 e. The zero-order valence-corrected chi connectivity index (χ0v) is 14.3. The summed E-state index contributed by atoms with van der Waals surface area (Å²) in [5.41, 5.74) is 2.51. The molecule has 1 aliphatic rings. The van der Waals surface area contributed by atoms with Crippen LogP contribution in [0.3, 0.4) is 0 Å². The lowest BCUT2D eigenvalue weighted by molar-refractivity contribution is -0.125. The van der Waals surface area contributed by atoms with E-state index >= 15 is 0 Å². The first kappa shape index (κ1) is 16.1. The van der Waals surface area contributed by atoms with E-state index in [1.165, 1.54) is 4.90 Å². The average Bonchev–Trinajstić information content (AvgIpc) is 2.99. The van der Waals surface area contributed by atoms with Gasteiger partial charge in [0.2, 0.25) is 5.91 Å². The lowest BCUT2D eigenvalue weighted by Crippen LogP contribution is -2.45. The van der Waals surface area contributed by atoms with Gasteiger partial charge in [-0.3, -0.25) is 14.5 Å². The van der Waals surface area contributed by atoms with Gasteiger partial charge in [0.1, 0.15) is 18.1 Å². The number of para-hydroxylation sites is 4. The molecular formula is C19H18N4O3. The van der Waals surface area contributed by atoms with Gasteiger partial charge in [-0.25, -0.2) is 4.98 Å². The number of amides is 2. The van der Waals surface area contributed by atoms with Crippen molar-refractivity contribution in [2.45, 2.75) is 6.54 Å². The summed E-state index contributed by atoms with van der Waals surface area (Å²) in [5.74, 6) is 0.882. The maximum Gasteiger partial charge on any atom is 0.265 e. The lowest BCUT2D eigenvalue weighted by atomic mass is 10.2. The fourth-order valence-electron chi connectivity index (χ4n) is 3.06. The number of ether oxygens (including phenoxy) is 1. The first-order valence-corrected chi connectivity index (χ1v) is 8.33. The predicted molar refractivity (Wildman–Crippen MR) is 96.9 cm³/mol. The highest BCUT2D eigenvalue weighted by molar-refractivity contribution is 6.02. The maximum absolute atomic E-state index is 12.4. The van der Waals surface area contributed by atoms with Gasteiger partial charge in [-0.2, -0.15) is 0 Å². The third kappa shape index (κ3) is 2.88. The van der Waals surface area contributed by atoms with E-state index < -0.39 is 0 Å². The van der Waals surface area contributed by atoms with E-state index in [0.29, 0.717) is 18.0 Å². The van der Waals surface area contributed by atoms with E-state index in [-0.39, 0.29) is 25.0 Å². The molecule has 7 heteroatoms. The highest BCUT2D eigenvalue weighted by Crippen LogP contribution is 2.31. The van der Waals surface area contributed by atoms with Crippen LogP contribution in [0.25, 0.3) is 11.0 Å². The number of carbonyl (C=O) groups is 2. The summed E-state index contributed by atoms with van der Waals surface area (Å²) in [6.45, 7) is 0.183. The van der Waals surface area contributed by atoms with E-state index in [9.17, 15) is 9.59 Å². The van der Waals surface area contributed by atoms with Crippen molar-refractivity contribution >= 4 is 28.5 Å². The van der Waals surface area contributed by atoms with Crippen LogP contribution in [0.1, 0.15) is 5.82 Å².